The number of alkyl halides is 2. The normalized spacial score (nSPS) is 91.8. The molecule has 0 amide bonds. The first-order valence-corrected chi connectivity index (χ1v) is 1.88. The first-order valence-electron chi connectivity index (χ1n) is 5.88. The molecule has 0 aromatic heterocycles. The van der Waals surface area contributed by atoms with Crippen LogP contribution >= 0.6 is 0 Å². The van der Waals surface area contributed by atoms with Gasteiger partial charge in [0.25, 0.3) is 0 Å². The Morgan fingerprint density at radius 2 is 2.50 bits per heavy atom. The Labute approximate surface area is 58.3 Å². The largest absolute Gasteiger partial charge is 0.288 e. The first kappa shape index (κ1) is 1.45. The molecule has 0 saturated carbocycles. The van der Waals surface area contributed by atoms with E-state index < -0.39 is 31.7 Å². The molecule has 1 N–H and O–H groups in total. The van der Waals surface area contributed by atoms with E-state index in [2.05, 4.69) is 0 Å². The second-order valence-electron chi connectivity index (χ2n) is 1.13. The van der Waals surface area contributed by atoms with Crippen molar-refractivity contribution in [1.29, 1.82) is 0 Å². The van der Waals surface area contributed by atoms with E-state index in [0.717, 1.165) is 5.32 Å². The van der Waals surface area contributed by atoms with Gasteiger partial charge in [0.2, 0.25) is 0 Å². The topological polar surface area (TPSA) is 12.0 Å². The number of piperidine rings is 1. The predicted octanol–water partition coefficient (Wildman–Crippen LogP) is 1.00. The van der Waals surface area contributed by atoms with Crippen molar-refractivity contribution in [3.05, 3.63) is 0 Å². The Hall–Kier alpha value is -0.180. The van der Waals surface area contributed by atoms with Crippen LogP contribution in [0.25, 0.3) is 0 Å². The molecule has 1 aliphatic rings. The fraction of sp³-hybridized carbons (Fsp3) is 1.00. The molecule has 0 radical (unpaired) electrons. The lowest BCUT2D eigenvalue weighted by Crippen LogP contribution is -2.35. The molecule has 1 heterocycles. The van der Waals surface area contributed by atoms with Crippen LogP contribution in [0.1, 0.15) is 23.7 Å². The molecule has 2 atom stereocenters. The molecule has 1 nitrogen and oxygen atoms in total. The lowest BCUT2D eigenvalue weighted by Gasteiger charge is -2.19. The van der Waals surface area contributed by atoms with E-state index in [4.69, 9.17) is 11.0 Å². The van der Waals surface area contributed by atoms with Crippen LogP contribution in [0, 0.1) is 0 Å². The fourth-order valence-corrected chi connectivity index (χ4v) is 0.300. The van der Waals surface area contributed by atoms with Crippen LogP contribution in [-0.2, 0) is 0 Å². The molecule has 0 aliphatic carbocycles. The number of hydrogen-bond acceptors (Lipinski definition) is 1. The van der Waals surface area contributed by atoms with Crippen molar-refractivity contribution in [3.8, 4) is 0 Å². The second-order valence-corrected chi connectivity index (χ2v) is 1.13. The quantitative estimate of drug-likeness (QED) is 0.481. The summed E-state index contributed by atoms with van der Waals surface area (Å²) in [6.07, 6.45) is -15.7. The zero-order chi connectivity index (χ0) is 13.2. The molecular formula is C5H9F2N. The highest BCUT2D eigenvalue weighted by atomic mass is 19.1. The highest BCUT2D eigenvalue weighted by Gasteiger charge is 2.19. The first-order chi connectivity index (χ1) is 6.71. The van der Waals surface area contributed by atoms with Crippen LogP contribution in [0.2, 0.25) is 0 Å². The minimum atomic E-state index is -4.24. The third-order valence-corrected chi connectivity index (χ3v) is 0.564. The number of rotatable bonds is 0. The lowest BCUT2D eigenvalue weighted by molar-refractivity contribution is 0.143. The summed E-state index contributed by atoms with van der Waals surface area (Å²) in [5.41, 5.74) is 0. The van der Waals surface area contributed by atoms with E-state index in [1.54, 1.807) is 0 Å². The fourth-order valence-electron chi connectivity index (χ4n) is 0.300. The molecule has 48 valence electrons. The van der Waals surface area contributed by atoms with Crippen molar-refractivity contribution in [2.75, 3.05) is 6.50 Å². The lowest BCUT2D eigenvalue weighted by atomic mass is 10.1. The number of halogens is 2. The Morgan fingerprint density at radius 1 is 1.75 bits per heavy atom. The van der Waals surface area contributed by atoms with Gasteiger partial charge in [-0.2, -0.15) is 0 Å². The zero-order valence-electron chi connectivity index (χ0n) is 11.8. The maximum absolute atomic E-state index is 13.7. The summed E-state index contributed by atoms with van der Waals surface area (Å²) in [4.78, 5) is 0. The van der Waals surface area contributed by atoms with Crippen molar-refractivity contribution >= 4 is 0 Å². The smallest absolute Gasteiger partial charge is 0.153 e. The highest BCUT2D eigenvalue weighted by Crippen LogP contribution is 2.11. The molecule has 0 spiro atoms. The van der Waals surface area contributed by atoms with Gasteiger partial charge in [-0.15, -0.1) is 0 Å². The molecule has 3 heteroatoms. The molecule has 1 saturated heterocycles. The van der Waals surface area contributed by atoms with Crippen LogP contribution in [0.4, 0.5) is 8.78 Å². The summed E-state index contributed by atoms with van der Waals surface area (Å²) < 4.78 is 82.8. The van der Waals surface area contributed by atoms with E-state index in [9.17, 15) is 8.78 Å². The van der Waals surface area contributed by atoms with Gasteiger partial charge in [-0.25, -0.2) is 8.78 Å². The predicted molar refractivity (Wildman–Crippen MR) is 27.0 cm³/mol. The summed E-state index contributed by atoms with van der Waals surface area (Å²) >= 11 is 0. The minimum absolute atomic E-state index is 1.09. The van der Waals surface area contributed by atoms with Gasteiger partial charge in [-0.05, 0) is 6.37 Å². The Kier molecular flexibility index (Phi) is 0.435. The van der Waals surface area contributed by atoms with Crippen LogP contribution in [0.15, 0.2) is 0 Å². The van der Waals surface area contributed by atoms with E-state index >= 15 is 0 Å². The Morgan fingerprint density at radius 3 is 3.25 bits per heavy atom. The van der Waals surface area contributed by atoms with E-state index in [-0.39, 0.29) is 0 Å². The van der Waals surface area contributed by atoms with E-state index in [0.29, 0.717) is 0 Å². The third-order valence-electron chi connectivity index (χ3n) is 0.564. The average molecular weight is 129 g/mol. The standard InChI is InChI=1S/C5H9F2N/c6-4-1-2-8-5(7)3-4/h4-5,8H,1-3H2/i1D2,2D2,3D2,4D,5D. The minimum Gasteiger partial charge on any atom is -0.288 e. The van der Waals surface area contributed by atoms with Gasteiger partial charge < -0.3 is 0 Å². The van der Waals surface area contributed by atoms with Crippen molar-refractivity contribution in [2.45, 2.75) is 25.2 Å². The molecule has 0 bridgehead atoms. The summed E-state index contributed by atoms with van der Waals surface area (Å²) in [7, 11) is 0. The maximum Gasteiger partial charge on any atom is 0.153 e. The molecule has 1 rings (SSSR count). The molecule has 0 aromatic rings. The molecule has 0 aromatic carbocycles. The van der Waals surface area contributed by atoms with Crippen LogP contribution < -0.4 is 5.32 Å². The van der Waals surface area contributed by atoms with Gasteiger partial charge in [-0.1, -0.05) is 0 Å². The third kappa shape index (κ3) is 1.40. The summed E-state index contributed by atoms with van der Waals surface area (Å²) in [5, 5.41) is 1.09. The maximum atomic E-state index is 13.7. The van der Waals surface area contributed by atoms with Gasteiger partial charge in [0.1, 0.15) is 6.15 Å². The van der Waals surface area contributed by atoms with Gasteiger partial charge in [0.15, 0.2) is 6.27 Å². The SMILES string of the molecule is [2H]C1([2H])NC([2H])(F)C([2H])([2H])C([2H])(F)C1([2H])[2H]. The van der Waals surface area contributed by atoms with Crippen LogP contribution in [0.3, 0.4) is 0 Å². The van der Waals surface area contributed by atoms with E-state index in [1.807, 2.05) is 0 Å². The Bertz CT molecular complexity index is 286. The monoisotopic (exact) mass is 129 g/mol. The van der Waals surface area contributed by atoms with Gasteiger partial charge >= 0.3 is 0 Å². The van der Waals surface area contributed by atoms with Gasteiger partial charge in [0, 0.05) is 21.1 Å². The van der Waals surface area contributed by atoms with Crippen LogP contribution in [-0.4, -0.2) is 18.9 Å². The molecule has 8 heavy (non-hydrogen) atoms. The van der Waals surface area contributed by atoms with Gasteiger partial charge in [-0.3, -0.25) is 5.32 Å². The summed E-state index contributed by atoms with van der Waals surface area (Å²) in [6, 6.07) is 0. The van der Waals surface area contributed by atoms with Crippen molar-refractivity contribution in [3.63, 3.8) is 0 Å². The molecule has 1 fully saturated rings. The highest BCUT2D eigenvalue weighted by molar-refractivity contribution is 4.69. The van der Waals surface area contributed by atoms with Gasteiger partial charge in [0.05, 0.1) is 2.74 Å². The van der Waals surface area contributed by atoms with Crippen molar-refractivity contribution in [2.24, 2.45) is 0 Å². The average Bonchev–Trinajstić information content (AvgIpc) is 1.98. The summed E-state index contributed by atoms with van der Waals surface area (Å²) in [6.45, 7) is -3.38. The zero-order valence-corrected chi connectivity index (χ0v) is 3.76. The molecule has 2 unspecified atom stereocenters. The van der Waals surface area contributed by atoms with Crippen LogP contribution in [0.5, 0.6) is 0 Å². The molecular weight excluding hydrogens is 112 g/mol. The number of hydrogen-bond donors (Lipinski definition) is 1. The summed E-state index contributed by atoms with van der Waals surface area (Å²) in [5.74, 6) is 0. The Balaban J connectivity index is 3.43. The second kappa shape index (κ2) is 2.40. The van der Waals surface area contributed by atoms with Crippen molar-refractivity contribution in [1.82, 2.24) is 5.32 Å². The van der Waals surface area contributed by atoms with Crippen molar-refractivity contribution < 1.29 is 19.7 Å². The number of nitrogens with one attached hydrogen (secondary N) is 1. The van der Waals surface area contributed by atoms with E-state index in [1.165, 1.54) is 0 Å². The molecule has 1 aliphatic heterocycles.